The lowest BCUT2D eigenvalue weighted by Gasteiger charge is -2.31. The van der Waals surface area contributed by atoms with Crippen molar-refractivity contribution in [2.75, 3.05) is 18.5 Å². The highest BCUT2D eigenvalue weighted by Crippen LogP contribution is 2.25. The number of nitrogens with zero attached hydrogens (tertiary/aromatic N) is 4. The van der Waals surface area contributed by atoms with Crippen molar-refractivity contribution < 1.29 is 0 Å². The minimum absolute atomic E-state index is 0. The Morgan fingerprint density at radius 1 is 1.16 bits per heavy atom. The number of hydrogen-bond acceptors (Lipinski definition) is 4. The molecule has 3 rings (SSSR count). The molecule has 0 unspecified atom stereocenters. The van der Waals surface area contributed by atoms with E-state index in [2.05, 4.69) is 46.7 Å². The maximum absolute atomic E-state index is 4.47. The number of hydrogen-bond donors (Lipinski definition) is 0. The first-order valence-corrected chi connectivity index (χ1v) is 7.96. The van der Waals surface area contributed by atoms with Gasteiger partial charge >= 0.3 is 0 Å². The quantitative estimate of drug-likeness (QED) is 0.765. The number of aromatic nitrogens is 2. The molecule has 0 amide bonds. The summed E-state index contributed by atoms with van der Waals surface area (Å²) in [6.45, 7) is 7.35. The fourth-order valence-electron chi connectivity index (χ4n) is 2.89. The molecule has 2 aromatic heterocycles. The summed E-state index contributed by atoms with van der Waals surface area (Å²) < 4.78 is 0. The minimum atomic E-state index is 0. The molecule has 4 nitrogen and oxygen atoms in total. The molecule has 140 valence electrons. The van der Waals surface area contributed by atoms with Crippen molar-refractivity contribution in [3.05, 3.63) is 53.5 Å². The SMILES string of the molecule is CC(C)N(C)Cc1cncc2c1CCN(c1ccccn1)C2.Cl.Cl.Cl. The van der Waals surface area contributed by atoms with Crippen molar-refractivity contribution in [3.8, 4) is 0 Å². The van der Waals surface area contributed by atoms with Gasteiger partial charge in [-0.2, -0.15) is 0 Å². The Hall–Kier alpha value is -1.07. The molecule has 0 aromatic carbocycles. The molecule has 0 spiro atoms. The highest BCUT2D eigenvalue weighted by atomic mass is 35.5. The third-order valence-corrected chi connectivity index (χ3v) is 4.50. The zero-order valence-electron chi connectivity index (χ0n) is 14.9. The summed E-state index contributed by atoms with van der Waals surface area (Å²) >= 11 is 0. The van der Waals surface area contributed by atoms with E-state index in [1.807, 2.05) is 30.7 Å². The highest BCUT2D eigenvalue weighted by Gasteiger charge is 2.20. The van der Waals surface area contributed by atoms with Crippen LogP contribution in [0.3, 0.4) is 0 Å². The minimum Gasteiger partial charge on any atom is -0.352 e. The molecule has 0 atom stereocenters. The van der Waals surface area contributed by atoms with Gasteiger partial charge < -0.3 is 4.90 Å². The Labute approximate surface area is 169 Å². The second-order valence-corrected chi connectivity index (χ2v) is 6.30. The lowest BCUT2D eigenvalue weighted by atomic mass is 9.96. The number of rotatable bonds is 4. The Kier molecular flexibility index (Phi) is 10.4. The number of fused-ring (bicyclic) bond motifs is 1. The molecule has 0 saturated carbocycles. The van der Waals surface area contributed by atoms with E-state index in [4.69, 9.17) is 0 Å². The van der Waals surface area contributed by atoms with Crippen LogP contribution in [-0.4, -0.2) is 34.5 Å². The predicted molar refractivity (Wildman–Crippen MR) is 112 cm³/mol. The fourth-order valence-corrected chi connectivity index (χ4v) is 2.89. The largest absolute Gasteiger partial charge is 0.352 e. The van der Waals surface area contributed by atoms with Gasteiger partial charge in [0.15, 0.2) is 0 Å². The van der Waals surface area contributed by atoms with Gasteiger partial charge in [-0.3, -0.25) is 9.88 Å². The van der Waals surface area contributed by atoms with E-state index in [1.54, 1.807) is 0 Å². The maximum atomic E-state index is 4.47. The Bertz CT molecular complexity index is 637. The Balaban J connectivity index is 0.00000192. The average Bonchev–Trinajstić information content (AvgIpc) is 2.55. The van der Waals surface area contributed by atoms with Crippen LogP contribution in [0.2, 0.25) is 0 Å². The smallest absolute Gasteiger partial charge is 0.128 e. The molecule has 0 N–H and O–H groups in total. The van der Waals surface area contributed by atoms with Crippen LogP contribution in [0.15, 0.2) is 36.8 Å². The highest BCUT2D eigenvalue weighted by molar-refractivity contribution is 5.86. The van der Waals surface area contributed by atoms with Crippen LogP contribution in [-0.2, 0) is 19.5 Å². The third-order valence-electron chi connectivity index (χ3n) is 4.50. The topological polar surface area (TPSA) is 32.3 Å². The van der Waals surface area contributed by atoms with E-state index in [9.17, 15) is 0 Å². The monoisotopic (exact) mass is 404 g/mol. The average molecular weight is 406 g/mol. The summed E-state index contributed by atoms with van der Waals surface area (Å²) in [5, 5.41) is 0. The molecule has 2 aromatic rings. The van der Waals surface area contributed by atoms with Crippen LogP contribution in [0.4, 0.5) is 5.82 Å². The van der Waals surface area contributed by atoms with E-state index in [1.165, 1.54) is 16.7 Å². The zero-order chi connectivity index (χ0) is 15.5. The maximum Gasteiger partial charge on any atom is 0.128 e. The summed E-state index contributed by atoms with van der Waals surface area (Å²) in [6.07, 6.45) is 6.98. The summed E-state index contributed by atoms with van der Waals surface area (Å²) in [5.74, 6) is 1.05. The second kappa shape index (κ2) is 10.8. The van der Waals surface area contributed by atoms with Crippen LogP contribution in [0.25, 0.3) is 0 Å². The molecule has 0 radical (unpaired) electrons. The summed E-state index contributed by atoms with van der Waals surface area (Å²) in [5.41, 5.74) is 4.19. The van der Waals surface area contributed by atoms with Crippen molar-refractivity contribution in [2.45, 2.75) is 39.4 Å². The van der Waals surface area contributed by atoms with E-state index in [0.29, 0.717) is 6.04 Å². The summed E-state index contributed by atoms with van der Waals surface area (Å²) in [4.78, 5) is 13.6. The molecule has 0 fully saturated rings. The van der Waals surface area contributed by atoms with Gasteiger partial charge in [0, 0.05) is 44.3 Å². The molecule has 7 heteroatoms. The van der Waals surface area contributed by atoms with Gasteiger partial charge in [0.05, 0.1) is 0 Å². The van der Waals surface area contributed by atoms with Crippen molar-refractivity contribution in [1.82, 2.24) is 14.9 Å². The summed E-state index contributed by atoms with van der Waals surface area (Å²) in [7, 11) is 2.17. The number of halogens is 3. The number of anilines is 1. The third kappa shape index (κ3) is 5.71. The second-order valence-electron chi connectivity index (χ2n) is 6.30. The van der Waals surface area contributed by atoms with Crippen molar-refractivity contribution >= 4 is 43.0 Å². The molecule has 0 saturated heterocycles. The molecule has 1 aliphatic heterocycles. The first-order valence-electron chi connectivity index (χ1n) is 7.96. The van der Waals surface area contributed by atoms with Crippen LogP contribution in [0.5, 0.6) is 0 Å². The van der Waals surface area contributed by atoms with Crippen LogP contribution in [0.1, 0.15) is 30.5 Å². The number of pyridine rings is 2. The molecule has 25 heavy (non-hydrogen) atoms. The van der Waals surface area contributed by atoms with Gasteiger partial charge in [0.25, 0.3) is 0 Å². The fraction of sp³-hybridized carbons (Fsp3) is 0.444. The van der Waals surface area contributed by atoms with E-state index >= 15 is 0 Å². The lowest BCUT2D eigenvalue weighted by Crippen LogP contribution is -2.33. The Morgan fingerprint density at radius 2 is 1.92 bits per heavy atom. The van der Waals surface area contributed by atoms with Crippen molar-refractivity contribution in [2.24, 2.45) is 0 Å². The van der Waals surface area contributed by atoms with Gasteiger partial charge in [-0.15, -0.1) is 37.2 Å². The van der Waals surface area contributed by atoms with Gasteiger partial charge in [0.2, 0.25) is 0 Å². The van der Waals surface area contributed by atoms with E-state index in [-0.39, 0.29) is 37.2 Å². The van der Waals surface area contributed by atoms with Gasteiger partial charge in [-0.1, -0.05) is 6.07 Å². The molecular weight excluding hydrogens is 379 g/mol. The van der Waals surface area contributed by atoms with Crippen LogP contribution in [0, 0.1) is 0 Å². The molecule has 1 aliphatic rings. The van der Waals surface area contributed by atoms with Crippen LogP contribution < -0.4 is 4.90 Å². The van der Waals surface area contributed by atoms with Crippen LogP contribution >= 0.6 is 37.2 Å². The lowest BCUT2D eigenvalue weighted by molar-refractivity contribution is 0.264. The standard InChI is InChI=1S/C18H24N4.3ClH/c1-14(2)21(3)12-15-10-19-11-16-13-22(9-7-17(15)16)18-6-4-5-8-20-18;;;/h4-6,8,10-11,14H,7,9,12-13H2,1-3H3;3*1H. The summed E-state index contributed by atoms with van der Waals surface area (Å²) in [6, 6.07) is 6.63. The van der Waals surface area contributed by atoms with Gasteiger partial charge in [-0.05, 0) is 56.1 Å². The normalized spacial score (nSPS) is 12.8. The van der Waals surface area contributed by atoms with Gasteiger partial charge in [0.1, 0.15) is 5.82 Å². The van der Waals surface area contributed by atoms with Gasteiger partial charge in [-0.25, -0.2) is 4.98 Å². The Morgan fingerprint density at radius 3 is 2.56 bits per heavy atom. The molecule has 0 aliphatic carbocycles. The van der Waals surface area contributed by atoms with Crippen molar-refractivity contribution in [3.63, 3.8) is 0 Å². The van der Waals surface area contributed by atoms with Crippen molar-refractivity contribution in [1.29, 1.82) is 0 Å². The van der Waals surface area contributed by atoms with E-state index < -0.39 is 0 Å². The molecular formula is C18H27Cl3N4. The first-order chi connectivity index (χ1) is 10.6. The van der Waals surface area contributed by atoms with E-state index in [0.717, 1.165) is 31.9 Å². The first kappa shape index (κ1) is 23.9. The zero-order valence-corrected chi connectivity index (χ0v) is 17.3. The molecule has 0 bridgehead atoms. The molecule has 3 heterocycles. The predicted octanol–water partition coefficient (Wildman–Crippen LogP) is 4.14.